The molecular weight excluding hydrogens is 214 g/mol. The van der Waals surface area contributed by atoms with Gasteiger partial charge in [0.15, 0.2) is 0 Å². The molecule has 0 aromatic heterocycles. The highest BCUT2D eigenvalue weighted by Gasteiger charge is 2.02. The number of rotatable bonds is 3. The minimum atomic E-state index is -0.682. The first-order chi connectivity index (χ1) is 7.63. The molecule has 0 aliphatic rings. The minimum Gasteiger partial charge on any atom is -0.323 e. The molecule has 0 saturated carbocycles. The van der Waals surface area contributed by atoms with Gasteiger partial charge in [0.25, 0.3) is 5.69 Å². The van der Waals surface area contributed by atoms with E-state index in [1.165, 1.54) is 37.5 Å². The number of nitro benzene ring substituents is 1. The lowest BCUT2D eigenvalue weighted by Crippen LogP contribution is -2.16. The Bertz CT molecular complexity index is 413. The van der Waals surface area contributed by atoms with Crippen molar-refractivity contribution >= 4 is 18.0 Å². The van der Waals surface area contributed by atoms with E-state index in [0.717, 1.165) is 0 Å². The number of carbonyl (C=O) groups excluding carboxylic acids is 1. The van der Waals surface area contributed by atoms with Crippen LogP contribution in [0.25, 0.3) is 0 Å². The molecule has 0 heterocycles. The van der Waals surface area contributed by atoms with E-state index >= 15 is 0 Å². The molecule has 0 aliphatic carbocycles. The van der Waals surface area contributed by atoms with Crippen LogP contribution < -0.4 is 5.32 Å². The van der Waals surface area contributed by atoms with Crippen LogP contribution in [0.15, 0.2) is 29.4 Å². The average molecular weight is 223 g/mol. The monoisotopic (exact) mass is 223 g/mol. The van der Waals surface area contributed by atoms with E-state index in [9.17, 15) is 14.9 Å². The molecule has 0 radical (unpaired) electrons. The number of nitro groups is 1. The first kappa shape index (κ1) is 11.6. The molecule has 84 valence electrons. The predicted molar refractivity (Wildman–Crippen MR) is 56.2 cm³/mol. The van der Waals surface area contributed by atoms with Gasteiger partial charge in [0, 0.05) is 19.2 Å². The van der Waals surface area contributed by atoms with Gasteiger partial charge in [0.2, 0.25) is 0 Å². The molecule has 0 spiro atoms. The van der Waals surface area contributed by atoms with E-state index in [-0.39, 0.29) is 5.69 Å². The number of oxime groups is 1. The summed E-state index contributed by atoms with van der Waals surface area (Å²) in [6, 6.07) is 5.66. The Morgan fingerprint density at radius 1 is 1.50 bits per heavy atom. The SMILES string of the molecule is CNC(=O)ON=Cc1ccc([N+](=O)[O-])cc1. The molecule has 1 aromatic rings. The molecule has 1 N–H and O–H groups in total. The second-order valence-corrected chi connectivity index (χ2v) is 2.71. The zero-order valence-corrected chi connectivity index (χ0v) is 8.41. The largest absolute Gasteiger partial charge is 0.433 e. The van der Waals surface area contributed by atoms with Crippen molar-refractivity contribution in [2.45, 2.75) is 0 Å². The number of carbonyl (C=O) groups is 1. The zero-order chi connectivity index (χ0) is 12.0. The topological polar surface area (TPSA) is 93.8 Å². The van der Waals surface area contributed by atoms with E-state index in [1.54, 1.807) is 0 Å². The van der Waals surface area contributed by atoms with Crippen LogP contribution in [0.4, 0.5) is 10.5 Å². The summed E-state index contributed by atoms with van der Waals surface area (Å²) in [5, 5.41) is 15.9. The van der Waals surface area contributed by atoms with E-state index in [2.05, 4.69) is 15.3 Å². The first-order valence-corrected chi connectivity index (χ1v) is 4.30. The lowest BCUT2D eigenvalue weighted by Gasteiger charge is -1.94. The Kier molecular flexibility index (Phi) is 3.96. The average Bonchev–Trinajstić information content (AvgIpc) is 2.29. The van der Waals surface area contributed by atoms with Crippen molar-refractivity contribution in [2.75, 3.05) is 7.05 Å². The summed E-state index contributed by atoms with van der Waals surface area (Å²) in [6.45, 7) is 0. The Balaban J connectivity index is 2.61. The molecule has 0 aliphatic heterocycles. The summed E-state index contributed by atoms with van der Waals surface area (Å²) in [4.78, 5) is 24.8. The summed E-state index contributed by atoms with van der Waals surface area (Å²) < 4.78 is 0. The number of amides is 1. The van der Waals surface area contributed by atoms with Crippen molar-refractivity contribution in [1.29, 1.82) is 0 Å². The number of non-ortho nitro benzene ring substituents is 1. The second-order valence-electron chi connectivity index (χ2n) is 2.71. The van der Waals surface area contributed by atoms with Crippen LogP contribution in [0.5, 0.6) is 0 Å². The van der Waals surface area contributed by atoms with Gasteiger partial charge >= 0.3 is 6.09 Å². The van der Waals surface area contributed by atoms with Crippen LogP contribution in [-0.4, -0.2) is 24.3 Å². The van der Waals surface area contributed by atoms with E-state index < -0.39 is 11.0 Å². The molecular formula is C9H9N3O4. The molecule has 16 heavy (non-hydrogen) atoms. The van der Waals surface area contributed by atoms with Crippen LogP contribution >= 0.6 is 0 Å². The van der Waals surface area contributed by atoms with Gasteiger partial charge in [0.05, 0.1) is 11.1 Å². The van der Waals surface area contributed by atoms with Crippen molar-refractivity contribution in [1.82, 2.24) is 5.32 Å². The quantitative estimate of drug-likeness (QED) is 0.361. The third kappa shape index (κ3) is 3.37. The summed E-state index contributed by atoms with van der Waals surface area (Å²) in [6.07, 6.45) is 0.594. The van der Waals surface area contributed by atoms with Crippen molar-refractivity contribution in [3.05, 3.63) is 39.9 Å². The van der Waals surface area contributed by atoms with Crippen molar-refractivity contribution in [3.63, 3.8) is 0 Å². The van der Waals surface area contributed by atoms with Gasteiger partial charge in [0.1, 0.15) is 0 Å². The third-order valence-corrected chi connectivity index (χ3v) is 1.65. The molecule has 0 saturated heterocycles. The fraction of sp³-hybridized carbons (Fsp3) is 0.111. The highest BCUT2D eigenvalue weighted by molar-refractivity contribution is 5.80. The molecule has 0 atom stereocenters. The summed E-state index contributed by atoms with van der Waals surface area (Å²) >= 11 is 0. The number of benzene rings is 1. The Labute approximate surface area is 90.9 Å². The van der Waals surface area contributed by atoms with E-state index in [4.69, 9.17) is 0 Å². The maximum absolute atomic E-state index is 10.6. The lowest BCUT2D eigenvalue weighted by atomic mass is 10.2. The maximum Gasteiger partial charge on any atom is 0.433 e. The van der Waals surface area contributed by atoms with Crippen molar-refractivity contribution in [2.24, 2.45) is 5.16 Å². The predicted octanol–water partition coefficient (Wildman–Crippen LogP) is 1.28. The Morgan fingerprint density at radius 3 is 2.62 bits per heavy atom. The van der Waals surface area contributed by atoms with Crippen LogP contribution in [0.3, 0.4) is 0 Å². The Hall–Kier alpha value is -2.44. The molecule has 1 amide bonds. The normalized spacial score (nSPS) is 10.1. The molecule has 1 rings (SSSR count). The molecule has 7 nitrogen and oxygen atoms in total. The number of hydrogen-bond acceptors (Lipinski definition) is 5. The highest BCUT2D eigenvalue weighted by Crippen LogP contribution is 2.10. The molecule has 0 bridgehead atoms. The smallest absolute Gasteiger partial charge is 0.323 e. The third-order valence-electron chi connectivity index (χ3n) is 1.65. The molecule has 1 aromatic carbocycles. The van der Waals surface area contributed by atoms with Crippen LogP contribution in [0.1, 0.15) is 5.56 Å². The molecule has 0 fully saturated rings. The van der Waals surface area contributed by atoms with E-state index in [0.29, 0.717) is 5.56 Å². The first-order valence-electron chi connectivity index (χ1n) is 4.30. The minimum absolute atomic E-state index is 0.00984. The number of hydrogen-bond donors (Lipinski definition) is 1. The summed E-state index contributed by atoms with van der Waals surface area (Å²) in [5.41, 5.74) is 0.582. The fourth-order valence-corrected chi connectivity index (χ4v) is 0.863. The standard InChI is InChI=1S/C9H9N3O4/c1-10-9(13)16-11-6-7-2-4-8(5-3-7)12(14)15/h2-6H,1H3,(H,10,13). The van der Waals surface area contributed by atoms with Crippen molar-refractivity contribution in [3.8, 4) is 0 Å². The van der Waals surface area contributed by atoms with Gasteiger partial charge in [-0.15, -0.1) is 0 Å². The van der Waals surface area contributed by atoms with Gasteiger partial charge < -0.3 is 5.32 Å². The maximum atomic E-state index is 10.6. The summed E-state index contributed by atoms with van der Waals surface area (Å²) in [5.74, 6) is 0. The molecule has 0 unspecified atom stereocenters. The van der Waals surface area contributed by atoms with Gasteiger partial charge in [-0.2, -0.15) is 0 Å². The fourth-order valence-electron chi connectivity index (χ4n) is 0.863. The highest BCUT2D eigenvalue weighted by atomic mass is 16.7. The number of nitrogens with zero attached hydrogens (tertiary/aromatic N) is 2. The van der Waals surface area contributed by atoms with Gasteiger partial charge in [-0.25, -0.2) is 4.79 Å². The second kappa shape index (κ2) is 5.44. The Morgan fingerprint density at radius 2 is 2.12 bits per heavy atom. The van der Waals surface area contributed by atoms with Gasteiger partial charge in [-0.3, -0.25) is 15.0 Å². The van der Waals surface area contributed by atoms with Crippen LogP contribution in [0, 0.1) is 10.1 Å². The van der Waals surface area contributed by atoms with Crippen LogP contribution in [0.2, 0.25) is 0 Å². The number of nitrogens with one attached hydrogen (secondary N) is 1. The van der Waals surface area contributed by atoms with Gasteiger partial charge in [-0.1, -0.05) is 5.16 Å². The van der Waals surface area contributed by atoms with Crippen LogP contribution in [-0.2, 0) is 4.84 Å². The van der Waals surface area contributed by atoms with E-state index in [1.807, 2.05) is 0 Å². The van der Waals surface area contributed by atoms with Crippen molar-refractivity contribution < 1.29 is 14.6 Å². The van der Waals surface area contributed by atoms with Gasteiger partial charge in [-0.05, 0) is 17.7 Å². The molecule has 7 heteroatoms. The lowest BCUT2D eigenvalue weighted by molar-refractivity contribution is -0.384. The summed E-state index contributed by atoms with van der Waals surface area (Å²) in [7, 11) is 1.41. The zero-order valence-electron chi connectivity index (χ0n) is 8.41.